The molecule has 4 aromatic rings. The summed E-state index contributed by atoms with van der Waals surface area (Å²) in [5, 5.41) is 4.74. The molecule has 1 fully saturated rings. The number of carbonyl (C=O) groups excluding carboxylic acids is 3. The Morgan fingerprint density at radius 1 is 1.05 bits per heavy atom. The molecule has 0 saturated carbocycles. The smallest absolute Gasteiger partial charge is 0.303 e. The molecule has 0 bridgehead atoms. The number of ether oxygens (including phenoxy) is 2. The van der Waals surface area contributed by atoms with Crippen molar-refractivity contribution in [2.75, 3.05) is 26.8 Å². The summed E-state index contributed by atoms with van der Waals surface area (Å²) in [6.45, 7) is 2.07. The summed E-state index contributed by atoms with van der Waals surface area (Å²) < 4.78 is 13.9. The van der Waals surface area contributed by atoms with Gasteiger partial charge in [0.05, 0.1) is 24.7 Å². The molecule has 1 saturated heterocycles. The molecular formula is C30H31ClN4O6. The molecule has 0 spiro atoms. The van der Waals surface area contributed by atoms with Crippen molar-refractivity contribution < 1.29 is 23.9 Å². The number of hydrogen-bond donors (Lipinski definition) is 1. The Bertz CT molecular complexity index is 1720. The zero-order valence-electron chi connectivity index (χ0n) is 23.1. The van der Waals surface area contributed by atoms with Gasteiger partial charge in [-0.2, -0.15) is 0 Å². The molecule has 5 rings (SSSR count). The van der Waals surface area contributed by atoms with Gasteiger partial charge in [0.2, 0.25) is 0 Å². The number of fused-ring (bicyclic) bond motifs is 3. The third-order valence-electron chi connectivity index (χ3n) is 7.55. The Kier molecular flexibility index (Phi) is 8.03. The lowest BCUT2D eigenvalue weighted by Gasteiger charge is -2.32. The summed E-state index contributed by atoms with van der Waals surface area (Å²) in [4.78, 5) is 52.6. The van der Waals surface area contributed by atoms with Gasteiger partial charge >= 0.3 is 5.97 Å². The largest absolute Gasteiger partial charge is 0.493 e. The second-order valence-corrected chi connectivity index (χ2v) is 10.5. The highest BCUT2D eigenvalue weighted by molar-refractivity contribution is 6.31. The Balaban J connectivity index is 1.48. The average molecular weight is 579 g/mol. The van der Waals surface area contributed by atoms with Gasteiger partial charge in [0.15, 0.2) is 18.1 Å². The summed E-state index contributed by atoms with van der Waals surface area (Å²) in [7, 11) is 3.20. The lowest BCUT2D eigenvalue weighted by molar-refractivity contribution is -0.150. The monoisotopic (exact) mass is 578 g/mol. The number of benzene rings is 2. The van der Waals surface area contributed by atoms with Gasteiger partial charge in [0.1, 0.15) is 5.39 Å². The van der Waals surface area contributed by atoms with Crippen molar-refractivity contribution in [3.05, 3.63) is 75.2 Å². The number of nitrogens with zero attached hydrogens (tertiary/aromatic N) is 3. The fourth-order valence-electron chi connectivity index (χ4n) is 5.51. The van der Waals surface area contributed by atoms with E-state index in [2.05, 4.69) is 5.32 Å². The number of aromatic nitrogens is 2. The van der Waals surface area contributed by atoms with E-state index in [-0.39, 0.29) is 48.0 Å². The molecule has 1 N–H and O–H groups in total. The molecule has 0 unspecified atom stereocenters. The van der Waals surface area contributed by atoms with Crippen LogP contribution >= 0.6 is 11.6 Å². The van der Waals surface area contributed by atoms with Crippen LogP contribution in [0, 0.1) is 0 Å². The molecule has 11 heteroatoms. The minimum atomic E-state index is -0.507. The van der Waals surface area contributed by atoms with Crippen LogP contribution in [-0.2, 0) is 27.9 Å². The van der Waals surface area contributed by atoms with E-state index in [0.29, 0.717) is 47.4 Å². The normalized spacial score (nSPS) is 13.9. The minimum absolute atomic E-state index is 0.184. The van der Waals surface area contributed by atoms with Gasteiger partial charge in [-0.25, -0.2) is 0 Å². The molecule has 1 aliphatic rings. The zero-order valence-corrected chi connectivity index (χ0v) is 23.9. The third kappa shape index (κ3) is 5.39. The average Bonchev–Trinajstić information content (AvgIpc) is 3.27. The fourth-order valence-corrected chi connectivity index (χ4v) is 5.71. The molecule has 2 amide bonds. The van der Waals surface area contributed by atoms with Crippen LogP contribution in [0.5, 0.6) is 5.75 Å². The van der Waals surface area contributed by atoms with Crippen molar-refractivity contribution in [2.24, 2.45) is 7.05 Å². The Morgan fingerprint density at radius 3 is 2.41 bits per heavy atom. The topological polar surface area (TPSA) is 112 Å². The molecule has 2 aromatic heterocycles. The van der Waals surface area contributed by atoms with E-state index in [4.69, 9.17) is 21.1 Å². The number of esters is 1. The third-order valence-corrected chi connectivity index (χ3v) is 7.91. The number of piperidine rings is 1. The predicted octanol–water partition coefficient (Wildman–Crippen LogP) is 3.49. The number of nitrogens with one attached hydrogen (secondary N) is 1. The van der Waals surface area contributed by atoms with Gasteiger partial charge in [-0.3, -0.25) is 19.2 Å². The van der Waals surface area contributed by atoms with E-state index in [0.717, 1.165) is 10.9 Å². The van der Waals surface area contributed by atoms with E-state index in [1.54, 1.807) is 27.1 Å². The van der Waals surface area contributed by atoms with Crippen LogP contribution in [0.25, 0.3) is 21.8 Å². The van der Waals surface area contributed by atoms with Crippen LogP contribution in [0.4, 0.5) is 0 Å². The number of carbonyl (C=O) groups is 3. The predicted molar refractivity (Wildman–Crippen MR) is 155 cm³/mol. The van der Waals surface area contributed by atoms with Crippen molar-refractivity contribution in [1.29, 1.82) is 0 Å². The highest BCUT2D eigenvalue weighted by Crippen LogP contribution is 2.35. The summed E-state index contributed by atoms with van der Waals surface area (Å²) in [5.74, 6) is -0.933. The molecule has 0 aliphatic carbocycles. The molecule has 214 valence electrons. The van der Waals surface area contributed by atoms with Crippen LogP contribution in [0.1, 0.15) is 35.8 Å². The minimum Gasteiger partial charge on any atom is -0.493 e. The first-order chi connectivity index (χ1) is 19.7. The first-order valence-electron chi connectivity index (χ1n) is 13.3. The molecule has 3 heterocycles. The van der Waals surface area contributed by atoms with E-state index < -0.39 is 5.97 Å². The van der Waals surface area contributed by atoms with Crippen molar-refractivity contribution in [3.63, 3.8) is 0 Å². The van der Waals surface area contributed by atoms with Crippen LogP contribution in [0.2, 0.25) is 5.02 Å². The molecule has 10 nitrogen and oxygen atoms in total. The number of pyridine rings is 1. The standard InChI is InChI=1S/C30H31ClN4O6/c1-18(36)41-17-24(37)34-14-12-20(13-15-34)32-29(38)27-28(40-3)25-26(33(27)2)21-9-5-7-11-23(21)35(30(25)39)16-19-8-4-6-10-22(19)31/h4-11,20H,12-17H2,1-3H3,(H,32,38). The van der Waals surface area contributed by atoms with Gasteiger partial charge in [-0.15, -0.1) is 0 Å². The maximum atomic E-state index is 14.0. The number of likely N-dealkylation sites (tertiary alicyclic amines) is 1. The van der Waals surface area contributed by atoms with E-state index in [1.165, 1.54) is 14.0 Å². The van der Waals surface area contributed by atoms with Crippen molar-refractivity contribution in [3.8, 4) is 5.75 Å². The molecular weight excluding hydrogens is 548 g/mol. The van der Waals surface area contributed by atoms with E-state index in [9.17, 15) is 19.2 Å². The van der Waals surface area contributed by atoms with Gasteiger partial charge < -0.3 is 28.8 Å². The summed E-state index contributed by atoms with van der Waals surface area (Å²) in [5.41, 5.74) is 2.07. The Labute approximate surface area is 241 Å². The number of aryl methyl sites for hydroxylation is 1. The van der Waals surface area contributed by atoms with E-state index in [1.807, 2.05) is 42.5 Å². The second kappa shape index (κ2) is 11.7. The van der Waals surface area contributed by atoms with Gasteiger partial charge in [0, 0.05) is 43.5 Å². The molecule has 0 atom stereocenters. The fraction of sp³-hybridized carbons (Fsp3) is 0.333. The van der Waals surface area contributed by atoms with Crippen molar-refractivity contribution in [2.45, 2.75) is 32.4 Å². The SMILES string of the molecule is COc1c(C(=O)NC2CCN(C(=O)COC(C)=O)CC2)n(C)c2c1c(=O)n(Cc1ccccc1Cl)c1ccccc21. The molecule has 2 aromatic carbocycles. The zero-order chi connectivity index (χ0) is 29.3. The second-order valence-electron chi connectivity index (χ2n) is 10.1. The maximum Gasteiger partial charge on any atom is 0.303 e. The summed E-state index contributed by atoms with van der Waals surface area (Å²) >= 11 is 6.43. The van der Waals surface area contributed by atoms with Gasteiger partial charge in [0.25, 0.3) is 17.4 Å². The van der Waals surface area contributed by atoms with Gasteiger partial charge in [-0.05, 0) is 30.5 Å². The number of hydrogen-bond acceptors (Lipinski definition) is 6. The van der Waals surface area contributed by atoms with Gasteiger partial charge in [-0.1, -0.05) is 48.0 Å². The van der Waals surface area contributed by atoms with Crippen molar-refractivity contribution in [1.82, 2.24) is 19.4 Å². The molecule has 1 aliphatic heterocycles. The summed E-state index contributed by atoms with van der Waals surface area (Å²) in [6.07, 6.45) is 1.08. The number of para-hydroxylation sites is 1. The van der Waals surface area contributed by atoms with Crippen LogP contribution in [0.15, 0.2) is 53.3 Å². The lowest BCUT2D eigenvalue weighted by Crippen LogP contribution is -2.47. The van der Waals surface area contributed by atoms with Crippen LogP contribution < -0.4 is 15.6 Å². The highest BCUT2D eigenvalue weighted by atomic mass is 35.5. The first kappa shape index (κ1) is 28.2. The van der Waals surface area contributed by atoms with Crippen molar-refractivity contribution >= 4 is 51.2 Å². The Morgan fingerprint density at radius 2 is 1.73 bits per heavy atom. The number of rotatable bonds is 7. The Hall–Kier alpha value is -4.31. The van der Waals surface area contributed by atoms with Crippen LogP contribution in [-0.4, -0.2) is 64.7 Å². The quantitative estimate of drug-likeness (QED) is 0.336. The number of halogens is 1. The number of amides is 2. The molecule has 41 heavy (non-hydrogen) atoms. The number of methoxy groups -OCH3 is 1. The van der Waals surface area contributed by atoms with E-state index >= 15 is 0 Å². The highest BCUT2D eigenvalue weighted by Gasteiger charge is 2.30. The maximum absolute atomic E-state index is 14.0. The lowest BCUT2D eigenvalue weighted by atomic mass is 10.0. The van der Waals surface area contributed by atoms with Crippen LogP contribution in [0.3, 0.4) is 0 Å². The summed E-state index contributed by atoms with van der Waals surface area (Å²) in [6, 6.07) is 14.8. The molecule has 0 radical (unpaired) electrons. The first-order valence-corrected chi connectivity index (χ1v) is 13.7.